The Labute approximate surface area is 187 Å². The van der Waals surface area contributed by atoms with Crippen LogP contribution in [0, 0.1) is 11.8 Å². The van der Waals surface area contributed by atoms with Crippen molar-refractivity contribution in [2.45, 2.75) is 52.1 Å². The van der Waals surface area contributed by atoms with E-state index in [9.17, 15) is 4.79 Å². The molecule has 2 aliphatic heterocycles. The third-order valence-electron chi connectivity index (χ3n) is 6.98. The van der Waals surface area contributed by atoms with Gasteiger partial charge in [-0.05, 0) is 74.9 Å². The topological polar surface area (TPSA) is 35.6 Å². The number of nitrogens with zero attached hydrogens (tertiary/aromatic N) is 2. The molecular formula is C27H37N3O. The van der Waals surface area contributed by atoms with Crippen LogP contribution < -0.4 is 10.2 Å². The highest BCUT2D eigenvalue weighted by atomic mass is 16.1. The third kappa shape index (κ3) is 5.88. The Morgan fingerprint density at radius 2 is 1.71 bits per heavy atom. The highest BCUT2D eigenvalue weighted by molar-refractivity contribution is 5.79. The molecule has 0 bridgehead atoms. The van der Waals surface area contributed by atoms with Crippen molar-refractivity contribution < 1.29 is 4.79 Å². The zero-order valence-electron chi connectivity index (χ0n) is 19.1. The summed E-state index contributed by atoms with van der Waals surface area (Å²) in [5.41, 5.74) is 3.84. The lowest BCUT2D eigenvalue weighted by atomic mass is 9.94. The van der Waals surface area contributed by atoms with Gasteiger partial charge < -0.3 is 10.2 Å². The van der Waals surface area contributed by atoms with Crippen LogP contribution in [0.1, 0.15) is 56.7 Å². The van der Waals surface area contributed by atoms with Gasteiger partial charge in [-0.15, -0.1) is 0 Å². The lowest BCUT2D eigenvalue weighted by molar-refractivity contribution is -0.127. The van der Waals surface area contributed by atoms with Crippen LogP contribution in [0.5, 0.6) is 0 Å². The monoisotopic (exact) mass is 419 g/mol. The van der Waals surface area contributed by atoms with E-state index in [0.717, 1.165) is 51.5 Å². The van der Waals surface area contributed by atoms with Gasteiger partial charge in [0.05, 0.1) is 6.04 Å². The van der Waals surface area contributed by atoms with Crippen LogP contribution in [0.25, 0.3) is 0 Å². The normalized spacial score (nSPS) is 21.6. The summed E-state index contributed by atoms with van der Waals surface area (Å²) in [6.45, 7) is 9.70. The average Bonchev–Trinajstić information content (AvgIpc) is 2.80. The minimum Gasteiger partial charge on any atom is -0.371 e. The van der Waals surface area contributed by atoms with E-state index in [-0.39, 0.29) is 17.9 Å². The third-order valence-corrected chi connectivity index (χ3v) is 6.98. The summed E-state index contributed by atoms with van der Waals surface area (Å²) in [6, 6.07) is 19.5. The fourth-order valence-corrected chi connectivity index (χ4v) is 5.01. The van der Waals surface area contributed by atoms with E-state index in [4.69, 9.17) is 0 Å². The lowest BCUT2D eigenvalue weighted by Crippen LogP contribution is -2.40. The number of benzene rings is 2. The largest absolute Gasteiger partial charge is 0.371 e. The van der Waals surface area contributed by atoms with E-state index in [0.29, 0.717) is 0 Å². The predicted molar refractivity (Wildman–Crippen MR) is 128 cm³/mol. The highest BCUT2D eigenvalue weighted by Crippen LogP contribution is 2.25. The molecule has 4 nitrogen and oxygen atoms in total. The van der Waals surface area contributed by atoms with Gasteiger partial charge in [0.15, 0.2) is 0 Å². The Morgan fingerprint density at radius 1 is 1.00 bits per heavy atom. The number of likely N-dealkylation sites (tertiary alicyclic amines) is 1. The first-order chi connectivity index (χ1) is 15.1. The molecule has 4 heteroatoms. The van der Waals surface area contributed by atoms with Crippen LogP contribution in [0.2, 0.25) is 0 Å². The zero-order chi connectivity index (χ0) is 21.6. The minimum absolute atomic E-state index is 0.0455. The summed E-state index contributed by atoms with van der Waals surface area (Å²) in [5, 5.41) is 3.27. The summed E-state index contributed by atoms with van der Waals surface area (Å²) >= 11 is 0. The van der Waals surface area contributed by atoms with Gasteiger partial charge in [0.2, 0.25) is 5.91 Å². The average molecular weight is 420 g/mol. The Bertz CT molecular complexity index is 827. The van der Waals surface area contributed by atoms with Gasteiger partial charge in [-0.3, -0.25) is 9.69 Å². The molecule has 4 rings (SSSR count). The Balaban J connectivity index is 1.25. The number of nitrogens with one attached hydrogen (secondary N) is 1. The molecule has 0 aromatic heterocycles. The molecule has 1 N–H and O–H groups in total. The molecule has 0 saturated carbocycles. The van der Waals surface area contributed by atoms with E-state index in [1.165, 1.54) is 29.7 Å². The molecule has 2 aromatic carbocycles. The van der Waals surface area contributed by atoms with Gasteiger partial charge in [0, 0.05) is 31.2 Å². The van der Waals surface area contributed by atoms with Crippen molar-refractivity contribution >= 4 is 11.6 Å². The van der Waals surface area contributed by atoms with Crippen molar-refractivity contribution in [1.29, 1.82) is 0 Å². The molecule has 2 fully saturated rings. The molecule has 2 atom stereocenters. The summed E-state index contributed by atoms with van der Waals surface area (Å²) in [7, 11) is 0. The van der Waals surface area contributed by atoms with Crippen molar-refractivity contribution in [2.75, 3.05) is 31.1 Å². The number of anilines is 1. The maximum Gasteiger partial charge on any atom is 0.223 e. The van der Waals surface area contributed by atoms with Crippen molar-refractivity contribution in [1.82, 2.24) is 10.2 Å². The SMILES string of the molecule is CC1CCCN(c2ccc(C(C)NC(=O)C3CCN(Cc4ccccc4)CC3)cc2)C1. The molecule has 2 aliphatic rings. The second-order valence-electron chi connectivity index (χ2n) is 9.55. The molecule has 2 unspecified atom stereocenters. The molecule has 0 radical (unpaired) electrons. The summed E-state index contributed by atoms with van der Waals surface area (Å²) in [6.07, 6.45) is 4.50. The van der Waals surface area contributed by atoms with Crippen LogP contribution in [0.15, 0.2) is 54.6 Å². The van der Waals surface area contributed by atoms with Crippen LogP contribution >= 0.6 is 0 Å². The van der Waals surface area contributed by atoms with E-state index >= 15 is 0 Å². The molecule has 0 aliphatic carbocycles. The molecule has 0 spiro atoms. The van der Waals surface area contributed by atoms with Gasteiger partial charge in [-0.1, -0.05) is 49.4 Å². The van der Waals surface area contributed by atoms with Gasteiger partial charge in [-0.25, -0.2) is 0 Å². The van der Waals surface area contributed by atoms with Crippen molar-refractivity contribution in [3.63, 3.8) is 0 Å². The standard InChI is InChI=1S/C27H37N3O/c1-21-7-6-16-30(19-21)26-12-10-24(11-13-26)22(2)28-27(31)25-14-17-29(18-15-25)20-23-8-4-3-5-9-23/h3-5,8-13,21-22,25H,6-7,14-20H2,1-2H3,(H,28,31). The number of hydrogen-bond donors (Lipinski definition) is 1. The van der Waals surface area contributed by atoms with Crippen molar-refractivity contribution in [3.05, 3.63) is 65.7 Å². The second kappa shape index (κ2) is 10.3. The second-order valence-corrected chi connectivity index (χ2v) is 9.55. The smallest absolute Gasteiger partial charge is 0.223 e. The van der Waals surface area contributed by atoms with E-state index in [1.807, 2.05) is 0 Å². The van der Waals surface area contributed by atoms with Crippen LogP contribution in [0.3, 0.4) is 0 Å². The lowest BCUT2D eigenvalue weighted by Gasteiger charge is -2.33. The van der Waals surface area contributed by atoms with Crippen molar-refractivity contribution in [3.8, 4) is 0 Å². The minimum atomic E-state index is 0.0455. The molecule has 2 heterocycles. The predicted octanol–water partition coefficient (Wildman–Crippen LogP) is 5.01. The number of carbonyl (C=O) groups excluding carboxylic acids is 1. The molecule has 2 aromatic rings. The zero-order valence-corrected chi connectivity index (χ0v) is 19.1. The maximum absolute atomic E-state index is 12.9. The number of carbonyl (C=O) groups is 1. The number of piperidine rings is 2. The first-order valence-corrected chi connectivity index (χ1v) is 12.0. The van der Waals surface area contributed by atoms with E-state index in [1.54, 1.807) is 0 Å². The first kappa shape index (κ1) is 21.9. The number of hydrogen-bond acceptors (Lipinski definition) is 3. The van der Waals surface area contributed by atoms with Gasteiger partial charge in [0.1, 0.15) is 0 Å². The molecule has 2 saturated heterocycles. The molecule has 166 valence electrons. The van der Waals surface area contributed by atoms with E-state index < -0.39 is 0 Å². The quantitative estimate of drug-likeness (QED) is 0.715. The first-order valence-electron chi connectivity index (χ1n) is 12.0. The molecular weight excluding hydrogens is 382 g/mol. The van der Waals surface area contributed by atoms with Crippen LogP contribution in [-0.2, 0) is 11.3 Å². The van der Waals surface area contributed by atoms with Gasteiger partial charge in [0.25, 0.3) is 0 Å². The van der Waals surface area contributed by atoms with Gasteiger partial charge >= 0.3 is 0 Å². The summed E-state index contributed by atoms with van der Waals surface area (Å²) in [5.74, 6) is 1.11. The fraction of sp³-hybridized carbons (Fsp3) is 0.519. The Morgan fingerprint density at radius 3 is 2.39 bits per heavy atom. The summed E-state index contributed by atoms with van der Waals surface area (Å²) < 4.78 is 0. The van der Waals surface area contributed by atoms with Crippen LogP contribution in [-0.4, -0.2) is 37.0 Å². The van der Waals surface area contributed by atoms with E-state index in [2.05, 4.69) is 83.6 Å². The highest BCUT2D eigenvalue weighted by Gasteiger charge is 2.26. The number of amides is 1. The summed E-state index contributed by atoms with van der Waals surface area (Å²) in [4.78, 5) is 17.8. The maximum atomic E-state index is 12.9. The molecule has 1 amide bonds. The fourth-order valence-electron chi connectivity index (χ4n) is 5.01. The Kier molecular flexibility index (Phi) is 7.29. The molecule has 31 heavy (non-hydrogen) atoms. The Hall–Kier alpha value is -2.33. The van der Waals surface area contributed by atoms with Crippen molar-refractivity contribution in [2.24, 2.45) is 11.8 Å². The number of rotatable bonds is 6. The van der Waals surface area contributed by atoms with Crippen LogP contribution in [0.4, 0.5) is 5.69 Å². The van der Waals surface area contributed by atoms with Gasteiger partial charge in [-0.2, -0.15) is 0 Å².